The van der Waals surface area contributed by atoms with Gasteiger partial charge in [0.05, 0.1) is 11.3 Å². The number of thioether (sulfide) groups is 1. The molecule has 4 rings (SSSR count). The van der Waals surface area contributed by atoms with Crippen molar-refractivity contribution in [2.45, 2.75) is 30.9 Å². The zero-order chi connectivity index (χ0) is 21.8. The lowest BCUT2D eigenvalue weighted by Gasteiger charge is -2.07. The molecule has 2 aromatic carbocycles. The molecule has 1 amide bonds. The predicted molar refractivity (Wildman–Crippen MR) is 124 cm³/mol. The molecule has 0 bridgehead atoms. The third-order valence-corrected chi connectivity index (χ3v) is 6.99. The Morgan fingerprint density at radius 3 is 2.84 bits per heavy atom. The van der Waals surface area contributed by atoms with Gasteiger partial charge in [-0.1, -0.05) is 47.1 Å². The number of aromatic nitrogens is 3. The Balaban J connectivity index is 1.43. The molecule has 0 saturated heterocycles. The van der Waals surface area contributed by atoms with Crippen LogP contribution in [0.5, 0.6) is 0 Å². The molecule has 6 nitrogen and oxygen atoms in total. The number of thiazole rings is 1. The number of aryl methyl sites for hydroxylation is 2. The van der Waals surface area contributed by atoms with Gasteiger partial charge >= 0.3 is 0 Å². The van der Waals surface area contributed by atoms with Gasteiger partial charge in [0.25, 0.3) is 5.91 Å². The van der Waals surface area contributed by atoms with E-state index in [1.807, 2.05) is 43.3 Å². The molecular weight excluding hydrogens is 452 g/mol. The van der Waals surface area contributed by atoms with E-state index in [9.17, 15) is 4.79 Å². The number of rotatable bonds is 7. The minimum Gasteiger partial charge on any atom is -0.340 e. The van der Waals surface area contributed by atoms with Crippen LogP contribution in [0, 0.1) is 13.8 Å². The van der Waals surface area contributed by atoms with Crippen molar-refractivity contribution in [3.8, 4) is 0 Å². The maximum atomic E-state index is 12.9. The second kappa shape index (κ2) is 9.64. The van der Waals surface area contributed by atoms with Crippen LogP contribution in [0.25, 0.3) is 0 Å². The molecule has 0 radical (unpaired) electrons. The van der Waals surface area contributed by atoms with Gasteiger partial charge in [-0.3, -0.25) is 10.1 Å². The molecular formula is C22H19ClN4O2S2. The van der Waals surface area contributed by atoms with Crippen molar-refractivity contribution in [3.05, 3.63) is 87.0 Å². The Labute approximate surface area is 193 Å². The standard InChI is InChI=1S/C22H19ClN4O2S2/c1-13-6-5-7-15(20(13)23)10-16-11-24-22(31-16)26-21(28)17-8-3-4-9-18(17)30-12-19-25-14(2)29-27-19/h3-9,11H,10,12H2,1-2H3,(H,24,26,28). The molecule has 0 saturated carbocycles. The van der Waals surface area contributed by atoms with Gasteiger partial charge in [0.15, 0.2) is 11.0 Å². The quantitative estimate of drug-likeness (QED) is 0.337. The third kappa shape index (κ3) is 5.33. The highest BCUT2D eigenvalue weighted by Gasteiger charge is 2.15. The Bertz CT molecular complexity index is 1220. The fraction of sp³-hybridized carbons (Fsp3) is 0.182. The summed E-state index contributed by atoms with van der Waals surface area (Å²) in [7, 11) is 0. The van der Waals surface area contributed by atoms with Crippen molar-refractivity contribution < 1.29 is 9.32 Å². The second-order valence-electron chi connectivity index (χ2n) is 6.83. The molecule has 0 aliphatic heterocycles. The van der Waals surface area contributed by atoms with Crippen molar-refractivity contribution in [2.24, 2.45) is 0 Å². The van der Waals surface area contributed by atoms with E-state index < -0.39 is 0 Å². The topological polar surface area (TPSA) is 80.9 Å². The summed E-state index contributed by atoms with van der Waals surface area (Å²) >= 11 is 9.33. The fourth-order valence-corrected chi connectivity index (χ4v) is 4.88. The summed E-state index contributed by atoms with van der Waals surface area (Å²) in [6.45, 7) is 3.73. The maximum absolute atomic E-state index is 12.9. The van der Waals surface area contributed by atoms with Gasteiger partial charge in [-0.05, 0) is 30.2 Å². The number of benzene rings is 2. The summed E-state index contributed by atoms with van der Waals surface area (Å²) in [4.78, 5) is 23.3. The Kier molecular flexibility index (Phi) is 6.70. The fourth-order valence-electron chi connectivity index (χ4n) is 2.97. The van der Waals surface area contributed by atoms with E-state index in [0.29, 0.717) is 34.6 Å². The summed E-state index contributed by atoms with van der Waals surface area (Å²) in [5.74, 6) is 1.42. The first-order valence-electron chi connectivity index (χ1n) is 9.50. The third-order valence-electron chi connectivity index (χ3n) is 4.47. The van der Waals surface area contributed by atoms with Gasteiger partial charge in [-0.2, -0.15) is 4.98 Å². The average molecular weight is 471 g/mol. The van der Waals surface area contributed by atoms with Crippen LogP contribution in [0.1, 0.15) is 38.1 Å². The number of carbonyl (C=O) groups is 1. The van der Waals surface area contributed by atoms with E-state index in [1.165, 1.54) is 23.1 Å². The second-order valence-corrected chi connectivity index (χ2v) is 9.34. The average Bonchev–Trinajstić information content (AvgIpc) is 3.38. The van der Waals surface area contributed by atoms with Crippen LogP contribution in [-0.2, 0) is 12.2 Å². The highest BCUT2D eigenvalue weighted by atomic mass is 35.5. The minimum absolute atomic E-state index is 0.207. The van der Waals surface area contributed by atoms with E-state index >= 15 is 0 Å². The largest absolute Gasteiger partial charge is 0.340 e. The zero-order valence-electron chi connectivity index (χ0n) is 16.9. The lowest BCUT2D eigenvalue weighted by Crippen LogP contribution is -2.12. The maximum Gasteiger partial charge on any atom is 0.258 e. The van der Waals surface area contributed by atoms with E-state index in [4.69, 9.17) is 16.1 Å². The summed E-state index contributed by atoms with van der Waals surface area (Å²) in [6.07, 6.45) is 2.45. The van der Waals surface area contributed by atoms with Crippen LogP contribution in [-0.4, -0.2) is 21.0 Å². The predicted octanol–water partition coefficient (Wildman–Crippen LogP) is 5.93. The number of hydrogen-bond donors (Lipinski definition) is 1. The lowest BCUT2D eigenvalue weighted by atomic mass is 10.1. The molecule has 158 valence electrons. The highest BCUT2D eigenvalue weighted by Crippen LogP contribution is 2.29. The summed E-state index contributed by atoms with van der Waals surface area (Å²) in [5.41, 5.74) is 2.66. The van der Waals surface area contributed by atoms with Crippen molar-refractivity contribution in [2.75, 3.05) is 5.32 Å². The summed E-state index contributed by atoms with van der Waals surface area (Å²) in [5, 5.41) is 8.12. The molecule has 0 spiro atoms. The van der Waals surface area contributed by atoms with E-state index in [0.717, 1.165) is 25.9 Å². The van der Waals surface area contributed by atoms with Gasteiger partial charge < -0.3 is 4.52 Å². The van der Waals surface area contributed by atoms with Gasteiger partial charge in [-0.15, -0.1) is 23.1 Å². The lowest BCUT2D eigenvalue weighted by molar-refractivity contribution is 0.102. The van der Waals surface area contributed by atoms with Crippen LogP contribution in [0.15, 0.2) is 58.1 Å². The van der Waals surface area contributed by atoms with Crippen LogP contribution in [0.3, 0.4) is 0 Å². The van der Waals surface area contributed by atoms with Gasteiger partial charge in [-0.25, -0.2) is 4.98 Å². The molecule has 0 fully saturated rings. The Morgan fingerprint density at radius 2 is 2.03 bits per heavy atom. The van der Waals surface area contributed by atoms with Gasteiger partial charge in [0, 0.05) is 34.3 Å². The van der Waals surface area contributed by atoms with Crippen molar-refractivity contribution in [1.82, 2.24) is 15.1 Å². The molecule has 0 unspecified atom stereocenters. The first kappa shape index (κ1) is 21.5. The number of nitrogens with zero attached hydrogens (tertiary/aromatic N) is 3. The molecule has 2 heterocycles. The molecule has 0 aliphatic rings. The smallest absolute Gasteiger partial charge is 0.258 e. The van der Waals surface area contributed by atoms with Crippen LogP contribution >= 0.6 is 34.7 Å². The molecule has 1 N–H and O–H groups in total. The highest BCUT2D eigenvalue weighted by molar-refractivity contribution is 7.98. The number of hydrogen-bond acceptors (Lipinski definition) is 7. The van der Waals surface area contributed by atoms with Crippen molar-refractivity contribution in [1.29, 1.82) is 0 Å². The normalized spacial score (nSPS) is 10.9. The number of anilines is 1. The molecule has 0 atom stereocenters. The van der Waals surface area contributed by atoms with Gasteiger partial charge in [0.1, 0.15) is 0 Å². The van der Waals surface area contributed by atoms with Crippen LogP contribution in [0.4, 0.5) is 5.13 Å². The Hall–Kier alpha value is -2.68. The minimum atomic E-state index is -0.207. The number of amides is 1. The molecule has 0 aliphatic carbocycles. The van der Waals surface area contributed by atoms with Crippen LogP contribution in [0.2, 0.25) is 5.02 Å². The van der Waals surface area contributed by atoms with Crippen LogP contribution < -0.4 is 5.32 Å². The van der Waals surface area contributed by atoms with Gasteiger partial charge in [0.2, 0.25) is 5.89 Å². The number of nitrogens with one attached hydrogen (secondary N) is 1. The first-order valence-corrected chi connectivity index (χ1v) is 11.7. The van der Waals surface area contributed by atoms with Crippen molar-refractivity contribution in [3.63, 3.8) is 0 Å². The number of carbonyl (C=O) groups excluding carboxylic acids is 1. The Morgan fingerprint density at radius 1 is 1.19 bits per heavy atom. The van der Waals surface area contributed by atoms with E-state index in [2.05, 4.69) is 20.4 Å². The van der Waals surface area contributed by atoms with E-state index in [-0.39, 0.29) is 5.91 Å². The SMILES string of the molecule is Cc1nc(CSc2ccccc2C(=O)Nc2ncc(Cc3cccc(C)c3Cl)s2)no1. The number of halogens is 1. The molecule has 2 aromatic heterocycles. The molecule has 4 aromatic rings. The monoisotopic (exact) mass is 470 g/mol. The zero-order valence-corrected chi connectivity index (χ0v) is 19.3. The summed E-state index contributed by atoms with van der Waals surface area (Å²) < 4.78 is 5.00. The molecule has 9 heteroatoms. The molecule has 31 heavy (non-hydrogen) atoms. The van der Waals surface area contributed by atoms with E-state index in [1.54, 1.807) is 19.2 Å². The summed E-state index contributed by atoms with van der Waals surface area (Å²) in [6, 6.07) is 13.4. The first-order chi connectivity index (χ1) is 15.0. The van der Waals surface area contributed by atoms with Crippen molar-refractivity contribution >= 4 is 45.7 Å².